The van der Waals surface area contributed by atoms with E-state index in [1.807, 2.05) is 0 Å². The van der Waals surface area contributed by atoms with Gasteiger partial charge in [-0.15, -0.1) is 0 Å². The fourth-order valence-corrected chi connectivity index (χ4v) is 5.37. The van der Waals surface area contributed by atoms with Gasteiger partial charge in [-0.25, -0.2) is 0 Å². The summed E-state index contributed by atoms with van der Waals surface area (Å²) in [6.07, 6.45) is 4.93. The Morgan fingerprint density at radius 2 is 1.38 bits per heavy atom. The van der Waals surface area contributed by atoms with E-state index in [0.29, 0.717) is 36.2 Å². The topological polar surface area (TPSA) is 36.9 Å². The highest BCUT2D eigenvalue weighted by molar-refractivity contribution is 4.90. The Morgan fingerprint density at radius 1 is 0.692 bits per heavy atom. The van der Waals surface area contributed by atoms with Crippen LogP contribution in [0.15, 0.2) is 0 Å². The van der Waals surface area contributed by atoms with Gasteiger partial charge in [0.1, 0.15) is 0 Å². The highest BCUT2D eigenvalue weighted by Gasteiger charge is 2.44. The van der Waals surface area contributed by atoms with Gasteiger partial charge in [-0.2, -0.15) is 0 Å². The maximum Gasteiger partial charge on any atom is 0.160 e. The second-order valence-electron chi connectivity index (χ2n) is 8.96. The first kappa shape index (κ1) is 20.6. The molecule has 0 N–H and O–H groups in total. The largest absolute Gasteiger partial charge is 0.375 e. The maximum absolute atomic E-state index is 6.47. The van der Waals surface area contributed by atoms with Gasteiger partial charge in [0.25, 0.3) is 0 Å². The fourth-order valence-electron chi connectivity index (χ4n) is 5.37. The Hall–Kier alpha value is -0.160. The van der Waals surface area contributed by atoms with Gasteiger partial charge in [0.05, 0.1) is 31.0 Å². The first-order chi connectivity index (χ1) is 12.5. The molecule has 10 unspecified atom stereocenters. The molecule has 4 nitrogen and oxygen atoms in total. The van der Waals surface area contributed by atoms with Crippen LogP contribution in [0, 0.1) is 29.6 Å². The molecular weight excluding hydrogens is 328 g/mol. The lowest BCUT2D eigenvalue weighted by Crippen LogP contribution is -2.52. The van der Waals surface area contributed by atoms with E-state index in [0.717, 1.165) is 32.3 Å². The monoisotopic (exact) mass is 368 g/mol. The summed E-state index contributed by atoms with van der Waals surface area (Å²) in [7, 11) is 0. The van der Waals surface area contributed by atoms with Crippen LogP contribution >= 0.6 is 0 Å². The maximum atomic E-state index is 6.47. The van der Waals surface area contributed by atoms with Crippen LogP contribution in [-0.4, -0.2) is 43.9 Å². The molecule has 0 aromatic carbocycles. The van der Waals surface area contributed by atoms with Crippen molar-refractivity contribution in [3.63, 3.8) is 0 Å². The lowest BCUT2D eigenvalue weighted by molar-refractivity contribution is -0.263. The van der Waals surface area contributed by atoms with E-state index in [9.17, 15) is 0 Å². The number of ether oxygens (including phenoxy) is 4. The SMILES string of the molecule is CCC1OC2OCCC3OC(CC)C(OCCC1C(C)C2C)C(C)C3C. The van der Waals surface area contributed by atoms with E-state index >= 15 is 0 Å². The third-order valence-corrected chi connectivity index (χ3v) is 7.62. The van der Waals surface area contributed by atoms with Crippen LogP contribution in [0.1, 0.15) is 67.2 Å². The molecule has 6 heterocycles. The Bertz CT molecular complexity index is 400. The van der Waals surface area contributed by atoms with Crippen LogP contribution in [0.3, 0.4) is 0 Å². The van der Waals surface area contributed by atoms with E-state index in [-0.39, 0.29) is 30.7 Å². The van der Waals surface area contributed by atoms with Crippen molar-refractivity contribution < 1.29 is 18.9 Å². The molecule has 0 aliphatic carbocycles. The number of hydrogen-bond donors (Lipinski definition) is 0. The van der Waals surface area contributed by atoms with Gasteiger partial charge in [0.2, 0.25) is 0 Å². The molecule has 0 aromatic heterocycles. The minimum atomic E-state index is -0.0823. The molecule has 6 aliphatic rings. The Balaban J connectivity index is 1.80. The van der Waals surface area contributed by atoms with Crippen molar-refractivity contribution in [2.45, 2.75) is 97.9 Å². The highest BCUT2D eigenvalue weighted by Crippen LogP contribution is 2.41. The molecule has 6 fully saturated rings. The van der Waals surface area contributed by atoms with Crippen molar-refractivity contribution in [1.82, 2.24) is 0 Å². The molecule has 0 aromatic rings. The molecule has 0 spiro atoms. The van der Waals surface area contributed by atoms with Crippen molar-refractivity contribution in [3.05, 3.63) is 0 Å². The molecule has 0 amide bonds. The summed E-state index contributed by atoms with van der Waals surface area (Å²) in [5, 5.41) is 0. The molecule has 26 heavy (non-hydrogen) atoms. The van der Waals surface area contributed by atoms with E-state index in [1.54, 1.807) is 0 Å². The minimum absolute atomic E-state index is 0.0823. The zero-order valence-corrected chi connectivity index (χ0v) is 17.6. The smallest absolute Gasteiger partial charge is 0.160 e. The van der Waals surface area contributed by atoms with Crippen molar-refractivity contribution in [2.75, 3.05) is 13.2 Å². The van der Waals surface area contributed by atoms with E-state index in [1.165, 1.54) is 0 Å². The van der Waals surface area contributed by atoms with Crippen LogP contribution in [-0.2, 0) is 18.9 Å². The number of rotatable bonds is 2. The summed E-state index contributed by atoms with van der Waals surface area (Å²) in [6.45, 7) is 15.3. The van der Waals surface area contributed by atoms with Crippen LogP contribution in [0.4, 0.5) is 0 Å². The summed E-state index contributed by atoms with van der Waals surface area (Å²) in [6, 6.07) is 0. The fraction of sp³-hybridized carbons (Fsp3) is 1.00. The molecule has 6 rings (SSSR count). The van der Waals surface area contributed by atoms with Crippen LogP contribution in [0.25, 0.3) is 0 Å². The second kappa shape index (κ2) is 8.89. The van der Waals surface area contributed by atoms with Crippen molar-refractivity contribution in [2.24, 2.45) is 29.6 Å². The van der Waals surface area contributed by atoms with Crippen LogP contribution in [0.2, 0.25) is 0 Å². The van der Waals surface area contributed by atoms with Gasteiger partial charge in [0, 0.05) is 12.5 Å². The molecule has 10 atom stereocenters. The molecule has 0 saturated carbocycles. The molecular formula is C22H40O4. The first-order valence-corrected chi connectivity index (χ1v) is 11.0. The molecule has 6 saturated heterocycles. The average Bonchev–Trinajstić information content (AvgIpc) is 2.64. The Morgan fingerprint density at radius 3 is 2.08 bits per heavy atom. The van der Waals surface area contributed by atoms with E-state index < -0.39 is 0 Å². The minimum Gasteiger partial charge on any atom is -0.375 e. The van der Waals surface area contributed by atoms with Gasteiger partial charge in [-0.1, -0.05) is 41.5 Å². The van der Waals surface area contributed by atoms with Gasteiger partial charge in [-0.3, -0.25) is 0 Å². The Labute approximate surface area is 160 Å². The lowest BCUT2D eigenvalue weighted by Gasteiger charge is -2.47. The van der Waals surface area contributed by atoms with Crippen molar-refractivity contribution in [3.8, 4) is 0 Å². The van der Waals surface area contributed by atoms with Gasteiger partial charge in [-0.05, 0) is 49.4 Å². The summed E-state index contributed by atoms with van der Waals surface area (Å²) in [4.78, 5) is 0. The standard InChI is InChI=1S/C22H40O4/c1-7-18-17-9-11-23-21-15(5)14(4)20(25-19(21)8-2)10-12-24-22(26-18)16(6)13(17)3/h13-22H,7-12H2,1-6H3. The summed E-state index contributed by atoms with van der Waals surface area (Å²) in [5.41, 5.74) is 0. The van der Waals surface area contributed by atoms with Gasteiger partial charge < -0.3 is 18.9 Å². The second-order valence-corrected chi connectivity index (χ2v) is 8.96. The molecule has 6 aliphatic heterocycles. The lowest BCUT2D eigenvalue weighted by atomic mass is 9.75. The third kappa shape index (κ3) is 3.99. The quantitative estimate of drug-likeness (QED) is 0.711. The summed E-state index contributed by atoms with van der Waals surface area (Å²) >= 11 is 0. The first-order valence-electron chi connectivity index (χ1n) is 11.0. The number of hydrogen-bond acceptors (Lipinski definition) is 4. The highest BCUT2D eigenvalue weighted by atomic mass is 16.7. The molecule has 4 bridgehead atoms. The van der Waals surface area contributed by atoms with Crippen LogP contribution in [0.5, 0.6) is 0 Å². The molecule has 0 radical (unpaired) electrons. The predicted molar refractivity (Wildman–Crippen MR) is 103 cm³/mol. The van der Waals surface area contributed by atoms with E-state index in [2.05, 4.69) is 41.5 Å². The average molecular weight is 369 g/mol. The molecule has 4 heteroatoms. The van der Waals surface area contributed by atoms with E-state index in [4.69, 9.17) is 18.9 Å². The van der Waals surface area contributed by atoms with Gasteiger partial charge in [0.15, 0.2) is 6.29 Å². The normalized spacial score (nSPS) is 50.5. The summed E-state index contributed by atoms with van der Waals surface area (Å²) in [5.74, 6) is 2.57. The van der Waals surface area contributed by atoms with Crippen molar-refractivity contribution >= 4 is 0 Å². The van der Waals surface area contributed by atoms with Crippen LogP contribution < -0.4 is 0 Å². The third-order valence-electron chi connectivity index (χ3n) is 7.62. The predicted octanol–water partition coefficient (Wildman–Crippen LogP) is 4.65. The zero-order valence-electron chi connectivity index (χ0n) is 17.6. The summed E-state index contributed by atoms with van der Waals surface area (Å²) < 4.78 is 25.6. The van der Waals surface area contributed by atoms with Gasteiger partial charge >= 0.3 is 0 Å². The van der Waals surface area contributed by atoms with Crippen molar-refractivity contribution in [1.29, 1.82) is 0 Å². The Kier molecular flexibility index (Phi) is 7.04. The molecule has 152 valence electrons. The zero-order chi connectivity index (χ0) is 18.8.